The number of carbonyl (C=O) groups is 1. The minimum Gasteiger partial charge on any atom is -0.496 e. The number of aromatic nitrogens is 2. The Morgan fingerprint density at radius 2 is 1.75 bits per heavy atom. The largest absolute Gasteiger partial charge is 0.496 e. The number of carbonyl (C=O) groups excluding carboxylic acids is 1. The SMILES string of the molecule is COC(=O)c1ccc(COCC(C2CCCCC2)n2c(-c3ccc(Cl)cc3)nc3cc(F)c(F)cc32)c(OC)c1. The molecule has 1 aliphatic rings. The zero-order valence-corrected chi connectivity index (χ0v) is 23.2. The van der Waals surface area contributed by atoms with Crippen LogP contribution in [0, 0.1) is 17.6 Å². The molecule has 1 heterocycles. The molecule has 0 N–H and O–H groups in total. The van der Waals surface area contributed by atoms with Gasteiger partial charge in [0.25, 0.3) is 0 Å². The maximum atomic E-state index is 14.6. The second kappa shape index (κ2) is 12.4. The van der Waals surface area contributed by atoms with Crippen molar-refractivity contribution in [3.63, 3.8) is 0 Å². The Hall–Kier alpha value is -3.49. The zero-order chi connectivity index (χ0) is 28.2. The molecule has 0 bridgehead atoms. The predicted molar refractivity (Wildman–Crippen MR) is 150 cm³/mol. The number of halogens is 3. The number of methoxy groups -OCH3 is 2. The zero-order valence-electron chi connectivity index (χ0n) is 22.5. The molecule has 0 radical (unpaired) electrons. The third-order valence-electron chi connectivity index (χ3n) is 7.61. The number of imidazole rings is 1. The van der Waals surface area contributed by atoms with Crippen molar-refractivity contribution in [1.82, 2.24) is 9.55 Å². The van der Waals surface area contributed by atoms with Crippen LogP contribution in [0.2, 0.25) is 5.02 Å². The van der Waals surface area contributed by atoms with Gasteiger partial charge in [-0.3, -0.25) is 0 Å². The smallest absolute Gasteiger partial charge is 0.337 e. The first-order valence-electron chi connectivity index (χ1n) is 13.4. The molecule has 3 aromatic carbocycles. The lowest BCUT2D eigenvalue weighted by Crippen LogP contribution is -2.27. The second-order valence-electron chi connectivity index (χ2n) is 10.1. The van der Waals surface area contributed by atoms with Gasteiger partial charge < -0.3 is 18.8 Å². The van der Waals surface area contributed by atoms with Crippen LogP contribution < -0.4 is 4.74 Å². The summed E-state index contributed by atoms with van der Waals surface area (Å²) in [6, 6.07) is 14.5. The van der Waals surface area contributed by atoms with E-state index < -0.39 is 17.6 Å². The van der Waals surface area contributed by atoms with Crippen molar-refractivity contribution < 1.29 is 27.8 Å². The van der Waals surface area contributed by atoms with E-state index in [4.69, 9.17) is 30.8 Å². The summed E-state index contributed by atoms with van der Waals surface area (Å²) in [6.07, 6.45) is 5.34. The molecule has 40 heavy (non-hydrogen) atoms. The van der Waals surface area contributed by atoms with Crippen LogP contribution in [-0.4, -0.2) is 36.3 Å². The summed E-state index contributed by atoms with van der Waals surface area (Å²) in [5, 5.41) is 0.586. The molecule has 0 amide bonds. The van der Waals surface area contributed by atoms with Crippen molar-refractivity contribution in [3.05, 3.63) is 82.4 Å². The van der Waals surface area contributed by atoms with Crippen molar-refractivity contribution in [2.75, 3.05) is 20.8 Å². The second-order valence-corrected chi connectivity index (χ2v) is 10.5. The Kier molecular flexibility index (Phi) is 8.66. The molecule has 1 atom stereocenters. The molecule has 0 spiro atoms. The van der Waals surface area contributed by atoms with Crippen molar-refractivity contribution >= 4 is 28.6 Å². The number of nitrogens with zero attached hydrogens (tertiary/aromatic N) is 2. The lowest BCUT2D eigenvalue weighted by atomic mass is 9.83. The van der Waals surface area contributed by atoms with E-state index in [0.29, 0.717) is 39.8 Å². The molecule has 0 aliphatic heterocycles. The Bertz CT molecular complexity index is 1500. The van der Waals surface area contributed by atoms with Crippen LogP contribution in [0.4, 0.5) is 8.78 Å². The van der Waals surface area contributed by atoms with Gasteiger partial charge in [0.05, 0.1) is 50.1 Å². The monoisotopic (exact) mass is 568 g/mol. The molecule has 6 nitrogen and oxygen atoms in total. The van der Waals surface area contributed by atoms with Crippen LogP contribution in [0.25, 0.3) is 22.4 Å². The van der Waals surface area contributed by atoms with Crippen LogP contribution in [0.15, 0.2) is 54.6 Å². The maximum absolute atomic E-state index is 14.6. The highest BCUT2D eigenvalue weighted by molar-refractivity contribution is 6.30. The summed E-state index contributed by atoms with van der Waals surface area (Å²) in [6.45, 7) is 0.553. The van der Waals surface area contributed by atoms with Gasteiger partial charge in [-0.2, -0.15) is 0 Å². The highest BCUT2D eigenvalue weighted by atomic mass is 35.5. The lowest BCUT2D eigenvalue weighted by Gasteiger charge is -2.33. The highest BCUT2D eigenvalue weighted by Gasteiger charge is 2.30. The number of ether oxygens (including phenoxy) is 3. The van der Waals surface area contributed by atoms with Crippen molar-refractivity contribution in [2.24, 2.45) is 5.92 Å². The van der Waals surface area contributed by atoms with Gasteiger partial charge in [0.1, 0.15) is 11.6 Å². The summed E-state index contributed by atoms with van der Waals surface area (Å²) < 4.78 is 47.4. The van der Waals surface area contributed by atoms with Crippen LogP contribution in [0.5, 0.6) is 5.75 Å². The van der Waals surface area contributed by atoms with Gasteiger partial charge in [-0.25, -0.2) is 18.6 Å². The summed E-state index contributed by atoms with van der Waals surface area (Å²) in [5.41, 5.74) is 2.85. The first-order valence-corrected chi connectivity index (χ1v) is 13.7. The molecular formula is C31H31ClF2N2O4. The molecule has 1 aliphatic carbocycles. The molecule has 0 saturated heterocycles. The number of hydrogen-bond donors (Lipinski definition) is 0. The summed E-state index contributed by atoms with van der Waals surface area (Å²) in [4.78, 5) is 16.7. The van der Waals surface area contributed by atoms with Gasteiger partial charge in [-0.05, 0) is 55.2 Å². The Morgan fingerprint density at radius 1 is 1.02 bits per heavy atom. The number of rotatable bonds is 9. The van der Waals surface area contributed by atoms with Crippen molar-refractivity contribution in [3.8, 4) is 17.1 Å². The van der Waals surface area contributed by atoms with E-state index in [1.807, 2.05) is 16.7 Å². The average molecular weight is 569 g/mol. The summed E-state index contributed by atoms with van der Waals surface area (Å²) >= 11 is 6.15. The fourth-order valence-electron chi connectivity index (χ4n) is 5.57. The van der Waals surface area contributed by atoms with Crippen LogP contribution in [-0.2, 0) is 16.1 Å². The molecule has 1 aromatic heterocycles. The van der Waals surface area contributed by atoms with Crippen molar-refractivity contribution in [2.45, 2.75) is 44.8 Å². The summed E-state index contributed by atoms with van der Waals surface area (Å²) in [7, 11) is 2.87. The normalized spacial score (nSPS) is 14.8. The van der Waals surface area contributed by atoms with Gasteiger partial charge in [-0.15, -0.1) is 0 Å². The van der Waals surface area contributed by atoms with Crippen LogP contribution in [0.1, 0.15) is 54.1 Å². The third kappa shape index (κ3) is 5.83. The van der Waals surface area contributed by atoms with E-state index in [1.165, 1.54) is 26.7 Å². The molecule has 1 unspecified atom stereocenters. The maximum Gasteiger partial charge on any atom is 0.337 e. The van der Waals surface area contributed by atoms with Gasteiger partial charge in [0.2, 0.25) is 0 Å². The molecule has 210 valence electrons. The van der Waals surface area contributed by atoms with E-state index in [9.17, 15) is 13.6 Å². The topological polar surface area (TPSA) is 62.6 Å². The van der Waals surface area contributed by atoms with Crippen LogP contribution >= 0.6 is 11.6 Å². The minimum atomic E-state index is -0.937. The number of benzene rings is 3. The average Bonchev–Trinajstić information content (AvgIpc) is 3.33. The fraction of sp³-hybridized carbons (Fsp3) is 0.355. The standard InChI is InChI=1S/C31H31ClF2N2O4/c1-38-29-14-21(31(37)39-2)8-9-22(29)17-40-18-28(19-6-4-3-5-7-19)36-27-16-25(34)24(33)15-26(27)35-30(36)20-10-12-23(32)13-11-20/h8-16,19,28H,3-7,17-18H2,1-2H3. The first kappa shape index (κ1) is 28.1. The lowest BCUT2D eigenvalue weighted by molar-refractivity contribution is 0.0595. The minimum absolute atomic E-state index is 0.179. The quantitative estimate of drug-likeness (QED) is 0.193. The molecule has 4 aromatic rings. The van der Waals surface area contributed by atoms with Gasteiger partial charge in [0, 0.05) is 28.3 Å². The number of esters is 1. The number of fused-ring (bicyclic) bond motifs is 1. The van der Waals surface area contributed by atoms with Gasteiger partial charge in [-0.1, -0.05) is 36.9 Å². The van der Waals surface area contributed by atoms with E-state index in [0.717, 1.165) is 42.9 Å². The van der Waals surface area contributed by atoms with Crippen LogP contribution in [0.3, 0.4) is 0 Å². The third-order valence-corrected chi connectivity index (χ3v) is 7.87. The Labute approximate surface area is 236 Å². The molecule has 1 saturated carbocycles. The molecular weight excluding hydrogens is 538 g/mol. The highest BCUT2D eigenvalue weighted by Crippen LogP contribution is 2.39. The molecule has 9 heteroatoms. The van der Waals surface area contributed by atoms with E-state index >= 15 is 0 Å². The Morgan fingerprint density at radius 3 is 2.45 bits per heavy atom. The predicted octanol–water partition coefficient (Wildman–Crippen LogP) is 7.77. The van der Waals surface area contributed by atoms with E-state index in [1.54, 1.807) is 30.3 Å². The van der Waals surface area contributed by atoms with E-state index in [2.05, 4.69) is 0 Å². The first-order chi connectivity index (χ1) is 19.4. The molecule has 1 fully saturated rings. The van der Waals surface area contributed by atoms with E-state index in [-0.39, 0.29) is 18.6 Å². The summed E-state index contributed by atoms with van der Waals surface area (Å²) in [5.74, 6) is -0.925. The van der Waals surface area contributed by atoms with Crippen molar-refractivity contribution in [1.29, 1.82) is 0 Å². The number of hydrogen-bond acceptors (Lipinski definition) is 5. The van der Waals surface area contributed by atoms with Gasteiger partial charge >= 0.3 is 5.97 Å². The van der Waals surface area contributed by atoms with Gasteiger partial charge in [0.15, 0.2) is 11.6 Å². The Balaban J connectivity index is 1.52. The molecule has 5 rings (SSSR count). The fourth-order valence-corrected chi connectivity index (χ4v) is 5.69.